The Morgan fingerprint density at radius 1 is 1.27 bits per heavy atom. The molecule has 1 fully saturated rings. The SMILES string of the molecule is Cn1cc(C(=O)N2CCCCC(c3ccc(F)cc3)C2)nn1. The normalized spacial score (nSPS) is 19.0. The van der Waals surface area contributed by atoms with Gasteiger partial charge < -0.3 is 4.90 Å². The van der Waals surface area contributed by atoms with Crippen molar-refractivity contribution in [2.45, 2.75) is 25.2 Å². The van der Waals surface area contributed by atoms with Gasteiger partial charge in [0.25, 0.3) is 5.91 Å². The molecule has 0 saturated carbocycles. The Hall–Kier alpha value is -2.24. The predicted octanol–water partition coefficient (Wildman–Crippen LogP) is 2.36. The van der Waals surface area contributed by atoms with Gasteiger partial charge in [0.2, 0.25) is 0 Å². The van der Waals surface area contributed by atoms with Crippen LogP contribution in [0.2, 0.25) is 0 Å². The summed E-state index contributed by atoms with van der Waals surface area (Å²) >= 11 is 0. The van der Waals surface area contributed by atoms with Gasteiger partial charge in [-0.2, -0.15) is 0 Å². The maximum absolute atomic E-state index is 13.1. The van der Waals surface area contributed by atoms with E-state index < -0.39 is 0 Å². The predicted molar refractivity (Wildman–Crippen MR) is 79.9 cm³/mol. The minimum atomic E-state index is -0.232. The van der Waals surface area contributed by atoms with Crippen molar-refractivity contribution in [1.29, 1.82) is 0 Å². The van der Waals surface area contributed by atoms with Gasteiger partial charge >= 0.3 is 0 Å². The van der Waals surface area contributed by atoms with Crippen LogP contribution in [0.1, 0.15) is 41.2 Å². The molecule has 0 spiro atoms. The fourth-order valence-corrected chi connectivity index (χ4v) is 2.94. The zero-order valence-corrected chi connectivity index (χ0v) is 12.6. The molecule has 6 heteroatoms. The number of aromatic nitrogens is 3. The summed E-state index contributed by atoms with van der Waals surface area (Å²) < 4.78 is 14.6. The van der Waals surface area contributed by atoms with E-state index in [1.54, 1.807) is 13.2 Å². The first kappa shape index (κ1) is 14.7. The van der Waals surface area contributed by atoms with Crippen molar-refractivity contribution in [3.8, 4) is 0 Å². The molecule has 0 aliphatic carbocycles. The van der Waals surface area contributed by atoms with Crippen molar-refractivity contribution in [2.75, 3.05) is 13.1 Å². The van der Waals surface area contributed by atoms with Crippen molar-refractivity contribution in [3.05, 3.63) is 47.5 Å². The van der Waals surface area contributed by atoms with Gasteiger partial charge in [-0.05, 0) is 30.5 Å². The molecule has 1 aliphatic rings. The van der Waals surface area contributed by atoms with Crippen molar-refractivity contribution in [2.24, 2.45) is 7.05 Å². The molecule has 1 aromatic heterocycles. The number of benzene rings is 1. The van der Waals surface area contributed by atoms with E-state index in [1.165, 1.54) is 16.8 Å². The van der Waals surface area contributed by atoms with Crippen LogP contribution in [0.15, 0.2) is 30.5 Å². The van der Waals surface area contributed by atoms with Crippen molar-refractivity contribution in [3.63, 3.8) is 0 Å². The molecule has 5 nitrogen and oxygen atoms in total. The Kier molecular flexibility index (Phi) is 4.18. The fraction of sp³-hybridized carbons (Fsp3) is 0.438. The van der Waals surface area contributed by atoms with Crippen LogP contribution in [-0.2, 0) is 7.05 Å². The average Bonchev–Trinajstić information content (AvgIpc) is 2.81. The van der Waals surface area contributed by atoms with Gasteiger partial charge in [0.05, 0.1) is 6.20 Å². The topological polar surface area (TPSA) is 51.0 Å². The lowest BCUT2D eigenvalue weighted by atomic mass is 9.94. The Labute approximate surface area is 128 Å². The largest absolute Gasteiger partial charge is 0.337 e. The van der Waals surface area contributed by atoms with Gasteiger partial charge in [-0.25, -0.2) is 4.39 Å². The molecule has 3 rings (SSSR count). The molecule has 2 aromatic rings. The van der Waals surface area contributed by atoms with Crippen LogP contribution >= 0.6 is 0 Å². The van der Waals surface area contributed by atoms with Crippen LogP contribution in [0, 0.1) is 5.82 Å². The molecular formula is C16H19FN4O. The van der Waals surface area contributed by atoms with Crippen LogP contribution in [0.3, 0.4) is 0 Å². The maximum Gasteiger partial charge on any atom is 0.276 e. The summed E-state index contributed by atoms with van der Waals surface area (Å²) in [5.41, 5.74) is 1.46. The number of carbonyl (C=O) groups excluding carboxylic acids is 1. The zero-order chi connectivity index (χ0) is 15.5. The Morgan fingerprint density at radius 3 is 2.73 bits per heavy atom. The lowest BCUT2D eigenvalue weighted by Crippen LogP contribution is -2.34. The summed E-state index contributed by atoms with van der Waals surface area (Å²) in [6.45, 7) is 1.37. The molecule has 1 amide bonds. The van der Waals surface area contributed by atoms with E-state index in [4.69, 9.17) is 0 Å². The van der Waals surface area contributed by atoms with E-state index in [-0.39, 0.29) is 17.6 Å². The van der Waals surface area contributed by atoms with E-state index in [9.17, 15) is 9.18 Å². The second-order valence-corrected chi connectivity index (χ2v) is 5.77. The summed E-state index contributed by atoms with van der Waals surface area (Å²) in [6, 6.07) is 6.59. The number of hydrogen-bond acceptors (Lipinski definition) is 3. The fourth-order valence-electron chi connectivity index (χ4n) is 2.94. The second-order valence-electron chi connectivity index (χ2n) is 5.77. The van der Waals surface area contributed by atoms with Crippen LogP contribution in [0.4, 0.5) is 4.39 Å². The van der Waals surface area contributed by atoms with Gasteiger partial charge in [0.15, 0.2) is 5.69 Å². The van der Waals surface area contributed by atoms with E-state index in [1.807, 2.05) is 17.0 Å². The molecule has 1 unspecified atom stereocenters. The highest BCUT2D eigenvalue weighted by Crippen LogP contribution is 2.27. The number of likely N-dealkylation sites (tertiary alicyclic amines) is 1. The van der Waals surface area contributed by atoms with E-state index in [0.717, 1.165) is 31.4 Å². The minimum Gasteiger partial charge on any atom is -0.337 e. The molecule has 2 heterocycles. The van der Waals surface area contributed by atoms with Crippen molar-refractivity contribution >= 4 is 5.91 Å². The quantitative estimate of drug-likeness (QED) is 0.856. The highest BCUT2D eigenvalue weighted by Gasteiger charge is 2.25. The molecule has 0 N–H and O–H groups in total. The molecule has 1 aromatic carbocycles. The molecule has 1 saturated heterocycles. The summed E-state index contributed by atoms with van der Waals surface area (Å²) in [7, 11) is 1.74. The third-order valence-electron chi connectivity index (χ3n) is 4.12. The van der Waals surface area contributed by atoms with Crippen LogP contribution < -0.4 is 0 Å². The molecule has 116 valence electrons. The zero-order valence-electron chi connectivity index (χ0n) is 12.6. The number of hydrogen-bond donors (Lipinski definition) is 0. The van der Waals surface area contributed by atoms with Gasteiger partial charge in [-0.15, -0.1) is 5.10 Å². The molecule has 0 radical (unpaired) electrons. The number of amides is 1. The smallest absolute Gasteiger partial charge is 0.276 e. The first-order valence-electron chi connectivity index (χ1n) is 7.54. The molecule has 22 heavy (non-hydrogen) atoms. The van der Waals surface area contributed by atoms with E-state index in [0.29, 0.717) is 12.2 Å². The van der Waals surface area contributed by atoms with Gasteiger partial charge in [-0.1, -0.05) is 23.8 Å². The maximum atomic E-state index is 13.1. The van der Waals surface area contributed by atoms with E-state index in [2.05, 4.69) is 10.3 Å². The van der Waals surface area contributed by atoms with Crippen LogP contribution in [0.5, 0.6) is 0 Å². The Morgan fingerprint density at radius 2 is 2.05 bits per heavy atom. The lowest BCUT2D eigenvalue weighted by molar-refractivity contribution is 0.0748. The molecular weight excluding hydrogens is 283 g/mol. The third-order valence-corrected chi connectivity index (χ3v) is 4.12. The van der Waals surface area contributed by atoms with E-state index >= 15 is 0 Å². The second kappa shape index (κ2) is 6.25. The summed E-state index contributed by atoms with van der Waals surface area (Å²) in [6.07, 6.45) is 4.69. The average molecular weight is 302 g/mol. The molecule has 1 aliphatic heterocycles. The third kappa shape index (κ3) is 3.16. The van der Waals surface area contributed by atoms with Crippen LogP contribution in [0.25, 0.3) is 0 Å². The number of nitrogens with zero attached hydrogens (tertiary/aromatic N) is 4. The first-order valence-corrected chi connectivity index (χ1v) is 7.54. The summed E-state index contributed by atoms with van der Waals surface area (Å²) in [5, 5.41) is 7.72. The highest BCUT2D eigenvalue weighted by molar-refractivity contribution is 5.92. The number of rotatable bonds is 2. The van der Waals surface area contributed by atoms with Crippen molar-refractivity contribution in [1.82, 2.24) is 19.9 Å². The summed E-state index contributed by atoms with van der Waals surface area (Å²) in [4.78, 5) is 14.4. The standard InChI is InChI=1S/C16H19FN4O/c1-20-11-15(18-19-20)16(22)21-9-3-2-4-13(10-21)12-5-7-14(17)8-6-12/h5-8,11,13H,2-4,9-10H2,1H3. The summed E-state index contributed by atoms with van der Waals surface area (Å²) in [5.74, 6) is -0.0734. The Bertz CT molecular complexity index is 652. The minimum absolute atomic E-state index is 0.0814. The molecule has 1 atom stereocenters. The number of halogens is 1. The molecule has 0 bridgehead atoms. The van der Waals surface area contributed by atoms with Crippen LogP contribution in [-0.4, -0.2) is 38.9 Å². The number of aryl methyl sites for hydroxylation is 1. The monoisotopic (exact) mass is 302 g/mol. The highest BCUT2D eigenvalue weighted by atomic mass is 19.1. The van der Waals surface area contributed by atoms with Gasteiger partial charge in [-0.3, -0.25) is 9.48 Å². The van der Waals surface area contributed by atoms with Crippen molar-refractivity contribution < 1.29 is 9.18 Å². The first-order chi connectivity index (χ1) is 10.6. The lowest BCUT2D eigenvalue weighted by Gasteiger charge is -2.24. The number of carbonyl (C=O) groups is 1. The van der Waals surface area contributed by atoms with Gasteiger partial charge in [0, 0.05) is 26.1 Å². The van der Waals surface area contributed by atoms with Gasteiger partial charge in [0.1, 0.15) is 5.82 Å². The Balaban J connectivity index is 1.77.